The van der Waals surface area contributed by atoms with Crippen molar-refractivity contribution in [1.82, 2.24) is 10.2 Å². The lowest BCUT2D eigenvalue weighted by molar-refractivity contribution is -0.116. The van der Waals surface area contributed by atoms with E-state index in [9.17, 15) is 4.79 Å². The Morgan fingerprint density at radius 1 is 1.55 bits per heavy atom. The maximum absolute atomic E-state index is 10.2. The third-order valence-corrected chi connectivity index (χ3v) is 0.536. The molecule has 0 rings (SSSR count). The maximum atomic E-state index is 10.2. The standard InChI is InChI=1S/C5H9NO.C3H9N/c1-3-5(7)6-4-2;1-4(2)3/h3H,1,4H2,2H3,(H,6,7);1-3H3. The van der Waals surface area contributed by atoms with E-state index in [1.54, 1.807) is 0 Å². The van der Waals surface area contributed by atoms with Gasteiger partial charge in [-0.1, -0.05) is 6.58 Å². The molecular weight excluding hydrogens is 140 g/mol. The highest BCUT2D eigenvalue weighted by Crippen LogP contribution is 1.61. The molecule has 0 fully saturated rings. The molecule has 0 aromatic heterocycles. The number of rotatable bonds is 2. The summed E-state index contributed by atoms with van der Waals surface area (Å²) in [7, 11) is 6.00. The largest absolute Gasteiger partial charge is 0.353 e. The third-order valence-electron chi connectivity index (χ3n) is 0.536. The predicted octanol–water partition coefficient (Wildman–Crippen LogP) is 0.486. The van der Waals surface area contributed by atoms with Crippen LogP contribution in [-0.4, -0.2) is 38.5 Å². The second kappa shape index (κ2) is 9.17. The first-order valence-electron chi connectivity index (χ1n) is 3.55. The molecule has 0 heterocycles. The van der Waals surface area contributed by atoms with Gasteiger partial charge < -0.3 is 10.2 Å². The normalized spacial score (nSPS) is 8.09. The summed E-state index contributed by atoms with van der Waals surface area (Å²) in [6, 6.07) is 0. The van der Waals surface area contributed by atoms with Crippen LogP contribution in [0.4, 0.5) is 0 Å². The van der Waals surface area contributed by atoms with Gasteiger partial charge in [-0.15, -0.1) is 0 Å². The molecule has 0 aliphatic rings. The quantitative estimate of drug-likeness (QED) is 0.593. The first-order valence-corrected chi connectivity index (χ1v) is 3.55. The molecule has 66 valence electrons. The molecule has 3 nitrogen and oxygen atoms in total. The minimum absolute atomic E-state index is 0.109. The molecule has 0 radical (unpaired) electrons. The molecule has 0 saturated heterocycles. The van der Waals surface area contributed by atoms with E-state index >= 15 is 0 Å². The van der Waals surface area contributed by atoms with Crippen molar-refractivity contribution in [1.29, 1.82) is 0 Å². The van der Waals surface area contributed by atoms with Crippen molar-refractivity contribution in [2.45, 2.75) is 6.92 Å². The Bertz CT molecular complexity index is 108. The summed E-state index contributed by atoms with van der Waals surface area (Å²) >= 11 is 0. The van der Waals surface area contributed by atoms with Crippen LogP contribution in [0.25, 0.3) is 0 Å². The van der Waals surface area contributed by atoms with Gasteiger partial charge in [-0.3, -0.25) is 4.79 Å². The minimum Gasteiger partial charge on any atom is -0.353 e. The molecule has 3 heteroatoms. The molecule has 0 unspecified atom stereocenters. The Hall–Kier alpha value is -0.830. The van der Waals surface area contributed by atoms with E-state index in [1.807, 2.05) is 33.0 Å². The van der Waals surface area contributed by atoms with E-state index in [2.05, 4.69) is 11.9 Å². The number of hydrogen-bond acceptors (Lipinski definition) is 2. The Morgan fingerprint density at radius 3 is 2.00 bits per heavy atom. The van der Waals surface area contributed by atoms with Crippen LogP contribution in [-0.2, 0) is 4.79 Å². The van der Waals surface area contributed by atoms with Gasteiger partial charge in [0.1, 0.15) is 0 Å². The minimum atomic E-state index is -0.109. The summed E-state index contributed by atoms with van der Waals surface area (Å²) in [4.78, 5) is 12.2. The fourth-order valence-corrected chi connectivity index (χ4v) is 0.246. The Balaban J connectivity index is 0. The molecule has 0 aromatic rings. The predicted molar refractivity (Wildman–Crippen MR) is 48.5 cm³/mol. The van der Waals surface area contributed by atoms with Crippen molar-refractivity contribution in [2.24, 2.45) is 0 Å². The highest BCUT2D eigenvalue weighted by molar-refractivity contribution is 5.86. The fourth-order valence-electron chi connectivity index (χ4n) is 0.246. The van der Waals surface area contributed by atoms with E-state index in [4.69, 9.17) is 0 Å². The van der Waals surface area contributed by atoms with E-state index in [0.29, 0.717) is 6.54 Å². The zero-order valence-corrected chi connectivity index (χ0v) is 7.85. The zero-order chi connectivity index (χ0) is 9.28. The van der Waals surface area contributed by atoms with Gasteiger partial charge in [0.2, 0.25) is 5.91 Å². The molecular formula is C8H18N2O. The number of nitrogens with zero attached hydrogens (tertiary/aromatic N) is 1. The molecule has 0 atom stereocenters. The van der Waals surface area contributed by atoms with Gasteiger partial charge in [-0.2, -0.15) is 0 Å². The van der Waals surface area contributed by atoms with Crippen molar-refractivity contribution in [3.63, 3.8) is 0 Å². The van der Waals surface area contributed by atoms with Gasteiger partial charge >= 0.3 is 0 Å². The summed E-state index contributed by atoms with van der Waals surface area (Å²) in [5.74, 6) is -0.109. The Kier molecular flexibility index (Phi) is 10.7. The highest BCUT2D eigenvalue weighted by Gasteiger charge is 1.83. The molecule has 0 saturated carbocycles. The topological polar surface area (TPSA) is 32.3 Å². The fraction of sp³-hybridized carbons (Fsp3) is 0.625. The molecule has 1 N–H and O–H groups in total. The number of hydrogen-bond donors (Lipinski definition) is 1. The van der Waals surface area contributed by atoms with Gasteiger partial charge in [0, 0.05) is 6.54 Å². The first-order chi connectivity index (χ1) is 5.04. The lowest BCUT2D eigenvalue weighted by Crippen LogP contribution is -2.19. The van der Waals surface area contributed by atoms with E-state index in [-0.39, 0.29) is 5.91 Å². The summed E-state index contributed by atoms with van der Waals surface area (Å²) < 4.78 is 0. The van der Waals surface area contributed by atoms with Gasteiger partial charge in [-0.05, 0) is 34.1 Å². The second-order valence-electron chi connectivity index (χ2n) is 2.44. The van der Waals surface area contributed by atoms with Crippen LogP contribution in [0, 0.1) is 0 Å². The lowest BCUT2D eigenvalue weighted by Gasteiger charge is -1.90. The Morgan fingerprint density at radius 2 is 1.91 bits per heavy atom. The summed E-state index contributed by atoms with van der Waals surface area (Å²) in [5, 5.41) is 2.54. The smallest absolute Gasteiger partial charge is 0.243 e. The van der Waals surface area contributed by atoms with Gasteiger partial charge in [0.15, 0.2) is 0 Å². The van der Waals surface area contributed by atoms with Crippen molar-refractivity contribution in [3.8, 4) is 0 Å². The number of nitrogens with one attached hydrogen (secondary N) is 1. The number of carbonyl (C=O) groups excluding carboxylic acids is 1. The highest BCUT2D eigenvalue weighted by atomic mass is 16.1. The van der Waals surface area contributed by atoms with Crippen LogP contribution in [0.1, 0.15) is 6.92 Å². The van der Waals surface area contributed by atoms with Crippen LogP contribution < -0.4 is 5.32 Å². The average Bonchev–Trinajstić information content (AvgIpc) is 1.87. The van der Waals surface area contributed by atoms with Crippen molar-refractivity contribution < 1.29 is 4.79 Å². The number of amides is 1. The number of carbonyl (C=O) groups is 1. The zero-order valence-electron chi connectivity index (χ0n) is 7.85. The van der Waals surface area contributed by atoms with E-state index < -0.39 is 0 Å². The lowest BCUT2D eigenvalue weighted by atomic mass is 10.6. The van der Waals surface area contributed by atoms with E-state index in [1.165, 1.54) is 6.08 Å². The molecule has 11 heavy (non-hydrogen) atoms. The van der Waals surface area contributed by atoms with Crippen LogP contribution >= 0.6 is 0 Å². The third kappa shape index (κ3) is 27.1. The first kappa shape index (κ1) is 12.8. The molecule has 0 aromatic carbocycles. The van der Waals surface area contributed by atoms with Gasteiger partial charge in [0.05, 0.1) is 0 Å². The van der Waals surface area contributed by atoms with Crippen LogP contribution in [0.2, 0.25) is 0 Å². The van der Waals surface area contributed by atoms with E-state index in [0.717, 1.165) is 0 Å². The summed E-state index contributed by atoms with van der Waals surface area (Å²) in [6.07, 6.45) is 1.25. The number of likely N-dealkylation sites (N-methyl/N-ethyl adjacent to an activating group) is 1. The summed E-state index contributed by atoms with van der Waals surface area (Å²) in [6.45, 7) is 5.80. The molecule has 0 bridgehead atoms. The van der Waals surface area contributed by atoms with Crippen molar-refractivity contribution in [3.05, 3.63) is 12.7 Å². The average molecular weight is 158 g/mol. The SMILES string of the molecule is C=CC(=O)NCC.CN(C)C. The van der Waals surface area contributed by atoms with Gasteiger partial charge in [0.25, 0.3) is 0 Å². The maximum Gasteiger partial charge on any atom is 0.243 e. The van der Waals surface area contributed by atoms with Crippen LogP contribution in [0.3, 0.4) is 0 Å². The Labute approximate surface area is 69.1 Å². The van der Waals surface area contributed by atoms with Gasteiger partial charge in [-0.25, -0.2) is 0 Å². The van der Waals surface area contributed by atoms with Crippen LogP contribution in [0.5, 0.6) is 0 Å². The monoisotopic (exact) mass is 158 g/mol. The van der Waals surface area contributed by atoms with Crippen molar-refractivity contribution in [2.75, 3.05) is 27.7 Å². The summed E-state index contributed by atoms with van der Waals surface area (Å²) in [5.41, 5.74) is 0. The van der Waals surface area contributed by atoms with Crippen LogP contribution in [0.15, 0.2) is 12.7 Å². The molecule has 0 spiro atoms. The van der Waals surface area contributed by atoms with Crippen molar-refractivity contribution >= 4 is 5.91 Å². The molecule has 1 amide bonds. The molecule has 0 aliphatic carbocycles. The molecule has 0 aliphatic heterocycles. The second-order valence-corrected chi connectivity index (χ2v) is 2.44.